The van der Waals surface area contributed by atoms with Gasteiger partial charge in [0.1, 0.15) is 17.6 Å². The number of anilines is 1. The quantitative estimate of drug-likeness (QED) is 0.836. The van der Waals surface area contributed by atoms with Crippen LogP contribution in [0.15, 0.2) is 30.5 Å². The summed E-state index contributed by atoms with van der Waals surface area (Å²) in [7, 11) is 0. The van der Waals surface area contributed by atoms with Crippen LogP contribution in [-0.4, -0.2) is 4.98 Å². The summed E-state index contributed by atoms with van der Waals surface area (Å²) in [6, 6.07) is 8.13. The van der Waals surface area contributed by atoms with E-state index in [1.807, 2.05) is 19.9 Å². The maximum atomic E-state index is 13.7. The molecule has 0 aliphatic rings. The summed E-state index contributed by atoms with van der Waals surface area (Å²) in [5.74, 6) is -0.199. The van der Waals surface area contributed by atoms with Gasteiger partial charge in [-0.1, -0.05) is 13.8 Å². The number of rotatable bonds is 2. The first-order valence-corrected chi connectivity index (χ1v) is 5.98. The number of nitrogens with zero attached hydrogens (tertiary/aromatic N) is 2. The van der Waals surface area contributed by atoms with Gasteiger partial charge in [-0.25, -0.2) is 9.37 Å². The fourth-order valence-corrected chi connectivity index (χ4v) is 2.01. The fraction of sp³-hybridized carbons (Fsp3) is 0.200. The molecule has 19 heavy (non-hydrogen) atoms. The molecule has 1 aromatic heterocycles. The molecule has 1 aromatic carbocycles. The summed E-state index contributed by atoms with van der Waals surface area (Å²) in [4.78, 5) is 3.90. The van der Waals surface area contributed by atoms with Crippen molar-refractivity contribution < 1.29 is 4.39 Å². The number of hydrogen-bond acceptors (Lipinski definition) is 3. The predicted octanol–water partition coefficient (Wildman–Crippen LogP) is 3.46. The second-order valence-electron chi connectivity index (χ2n) is 4.65. The molecular formula is C15H14FN3. The van der Waals surface area contributed by atoms with Crippen LogP contribution in [-0.2, 0) is 0 Å². The average molecular weight is 255 g/mol. The van der Waals surface area contributed by atoms with Crippen molar-refractivity contribution in [3.05, 3.63) is 47.5 Å². The predicted molar refractivity (Wildman–Crippen MR) is 72.8 cm³/mol. The van der Waals surface area contributed by atoms with Crippen LogP contribution < -0.4 is 5.73 Å². The highest BCUT2D eigenvalue weighted by Gasteiger charge is 2.13. The summed E-state index contributed by atoms with van der Waals surface area (Å²) >= 11 is 0. The third kappa shape index (κ3) is 2.55. The maximum absolute atomic E-state index is 13.7. The van der Waals surface area contributed by atoms with Crippen LogP contribution in [0.5, 0.6) is 0 Å². The number of halogens is 1. The van der Waals surface area contributed by atoms with Crippen molar-refractivity contribution >= 4 is 5.69 Å². The zero-order valence-corrected chi connectivity index (χ0v) is 10.8. The Labute approximate surface area is 111 Å². The zero-order valence-electron chi connectivity index (χ0n) is 10.8. The molecule has 1 heterocycles. The van der Waals surface area contributed by atoms with Gasteiger partial charge in [-0.15, -0.1) is 0 Å². The van der Waals surface area contributed by atoms with Crippen molar-refractivity contribution in [2.24, 2.45) is 0 Å². The van der Waals surface area contributed by atoms with Gasteiger partial charge >= 0.3 is 0 Å². The fourth-order valence-electron chi connectivity index (χ4n) is 2.01. The van der Waals surface area contributed by atoms with Gasteiger partial charge in [0, 0.05) is 17.4 Å². The first-order valence-electron chi connectivity index (χ1n) is 5.98. The number of aromatic nitrogens is 1. The van der Waals surface area contributed by atoms with E-state index in [0.29, 0.717) is 16.8 Å². The Kier molecular flexibility index (Phi) is 3.48. The normalized spacial score (nSPS) is 10.5. The molecule has 0 fully saturated rings. The van der Waals surface area contributed by atoms with E-state index in [9.17, 15) is 4.39 Å². The van der Waals surface area contributed by atoms with Gasteiger partial charge in [0.05, 0.1) is 0 Å². The number of nitrogens with two attached hydrogens (primary N) is 1. The van der Waals surface area contributed by atoms with Gasteiger partial charge in [-0.05, 0) is 41.3 Å². The number of pyridine rings is 1. The second kappa shape index (κ2) is 5.07. The molecule has 0 aliphatic heterocycles. The first-order chi connectivity index (χ1) is 9.02. The van der Waals surface area contributed by atoms with Crippen LogP contribution in [0.3, 0.4) is 0 Å². The molecule has 0 spiro atoms. The largest absolute Gasteiger partial charge is 0.398 e. The first kappa shape index (κ1) is 13.0. The number of nitrogen functional groups attached to an aromatic ring is 1. The van der Waals surface area contributed by atoms with Gasteiger partial charge in [0.25, 0.3) is 0 Å². The van der Waals surface area contributed by atoms with E-state index in [-0.39, 0.29) is 17.4 Å². The molecule has 0 saturated carbocycles. The minimum atomic E-state index is -0.330. The molecule has 4 heteroatoms. The summed E-state index contributed by atoms with van der Waals surface area (Å²) in [5.41, 5.74) is 9.01. The second-order valence-corrected chi connectivity index (χ2v) is 4.65. The minimum Gasteiger partial charge on any atom is -0.398 e. The molecule has 0 atom stereocenters. The van der Waals surface area contributed by atoms with E-state index in [1.165, 1.54) is 18.3 Å². The Morgan fingerprint density at radius 1 is 1.32 bits per heavy atom. The molecule has 0 aliphatic carbocycles. The monoisotopic (exact) mass is 255 g/mol. The average Bonchev–Trinajstić information content (AvgIpc) is 2.40. The summed E-state index contributed by atoms with van der Waals surface area (Å²) in [6.07, 6.45) is 1.52. The minimum absolute atomic E-state index is 0.131. The van der Waals surface area contributed by atoms with E-state index in [1.54, 1.807) is 12.1 Å². The van der Waals surface area contributed by atoms with Crippen LogP contribution in [0.25, 0.3) is 11.1 Å². The smallest absolute Gasteiger partial charge is 0.141 e. The Hall–Kier alpha value is -2.41. The van der Waals surface area contributed by atoms with Crippen LogP contribution in [0, 0.1) is 17.1 Å². The molecule has 0 saturated heterocycles. The Balaban J connectivity index is 2.65. The lowest BCUT2D eigenvalue weighted by Gasteiger charge is -2.14. The van der Waals surface area contributed by atoms with Crippen molar-refractivity contribution in [2.75, 3.05) is 5.73 Å². The summed E-state index contributed by atoms with van der Waals surface area (Å²) in [5, 5.41) is 8.86. The molecule has 3 nitrogen and oxygen atoms in total. The van der Waals surface area contributed by atoms with Crippen LogP contribution in [0.4, 0.5) is 10.1 Å². The number of benzene rings is 1. The molecule has 2 aromatic rings. The van der Waals surface area contributed by atoms with Gasteiger partial charge in [-0.2, -0.15) is 5.26 Å². The molecule has 2 N–H and O–H groups in total. The number of hydrogen-bond donors (Lipinski definition) is 1. The zero-order chi connectivity index (χ0) is 14.0. The van der Waals surface area contributed by atoms with Crippen LogP contribution in [0.1, 0.15) is 31.0 Å². The van der Waals surface area contributed by atoms with E-state index in [4.69, 9.17) is 11.0 Å². The molecule has 96 valence electrons. The molecule has 0 bridgehead atoms. The van der Waals surface area contributed by atoms with Crippen LogP contribution >= 0.6 is 0 Å². The van der Waals surface area contributed by atoms with Gasteiger partial charge in [-0.3, -0.25) is 0 Å². The van der Waals surface area contributed by atoms with Crippen molar-refractivity contribution in [3.63, 3.8) is 0 Å². The lowest BCUT2D eigenvalue weighted by atomic mass is 9.94. The molecule has 0 unspecified atom stereocenters. The Morgan fingerprint density at radius 2 is 2.05 bits per heavy atom. The van der Waals surface area contributed by atoms with E-state index in [2.05, 4.69) is 4.98 Å². The van der Waals surface area contributed by atoms with Gasteiger partial charge < -0.3 is 5.73 Å². The van der Waals surface area contributed by atoms with E-state index in [0.717, 1.165) is 5.56 Å². The SMILES string of the molecule is CC(C)c1cc(F)cc(-c2ccnc(C#N)c2)c1N. The standard InChI is InChI=1S/C15H14FN3/c1-9(2)13-6-11(16)7-14(15(13)18)10-3-4-19-12(5-10)8-17/h3-7,9H,18H2,1-2H3. The molecule has 0 amide bonds. The van der Waals surface area contributed by atoms with Crippen molar-refractivity contribution in [3.8, 4) is 17.2 Å². The van der Waals surface area contributed by atoms with E-state index >= 15 is 0 Å². The summed E-state index contributed by atoms with van der Waals surface area (Å²) in [6.45, 7) is 3.92. The van der Waals surface area contributed by atoms with E-state index < -0.39 is 0 Å². The summed E-state index contributed by atoms with van der Waals surface area (Å²) < 4.78 is 13.7. The third-order valence-corrected chi connectivity index (χ3v) is 2.98. The highest BCUT2D eigenvalue weighted by Crippen LogP contribution is 2.33. The lowest BCUT2D eigenvalue weighted by molar-refractivity contribution is 0.624. The van der Waals surface area contributed by atoms with Gasteiger partial charge in [0.2, 0.25) is 0 Å². The lowest BCUT2D eigenvalue weighted by Crippen LogP contribution is -2.01. The third-order valence-electron chi connectivity index (χ3n) is 2.98. The Bertz CT molecular complexity index is 657. The maximum Gasteiger partial charge on any atom is 0.141 e. The van der Waals surface area contributed by atoms with Gasteiger partial charge in [0.15, 0.2) is 0 Å². The Morgan fingerprint density at radius 3 is 2.68 bits per heavy atom. The topological polar surface area (TPSA) is 62.7 Å². The highest BCUT2D eigenvalue weighted by molar-refractivity contribution is 5.79. The van der Waals surface area contributed by atoms with Crippen molar-refractivity contribution in [1.29, 1.82) is 5.26 Å². The molecular weight excluding hydrogens is 241 g/mol. The highest BCUT2D eigenvalue weighted by atomic mass is 19.1. The molecule has 2 rings (SSSR count). The number of nitriles is 1. The molecule has 0 radical (unpaired) electrons. The van der Waals surface area contributed by atoms with Crippen molar-refractivity contribution in [2.45, 2.75) is 19.8 Å². The van der Waals surface area contributed by atoms with Crippen molar-refractivity contribution in [1.82, 2.24) is 4.98 Å². The van der Waals surface area contributed by atoms with Crippen LogP contribution in [0.2, 0.25) is 0 Å².